The topological polar surface area (TPSA) is 79.6 Å². The number of carbonyl (C=O) groups is 1. The monoisotopic (exact) mass is 426 g/mol. The second-order valence-electron chi connectivity index (χ2n) is 7.97. The predicted octanol–water partition coefficient (Wildman–Crippen LogP) is 3.60. The van der Waals surface area contributed by atoms with Gasteiger partial charge in [-0.05, 0) is 49.9 Å². The summed E-state index contributed by atoms with van der Waals surface area (Å²) in [5.41, 5.74) is 4.31. The molecule has 0 radical (unpaired) electrons. The van der Waals surface area contributed by atoms with Crippen LogP contribution in [0.4, 0.5) is 0 Å². The fourth-order valence-corrected chi connectivity index (χ4v) is 5.81. The molecule has 1 aromatic heterocycles. The van der Waals surface area contributed by atoms with Crippen molar-refractivity contribution in [1.82, 2.24) is 8.87 Å². The Bertz CT molecular complexity index is 1200. The summed E-state index contributed by atoms with van der Waals surface area (Å²) < 4.78 is 29.9. The van der Waals surface area contributed by atoms with Gasteiger partial charge in [0.15, 0.2) is 0 Å². The lowest BCUT2D eigenvalue weighted by Crippen LogP contribution is -2.40. The molecule has 7 heteroatoms. The standard InChI is InChI=1S/C23H26N2O4S/c1-16-7-10-18(11-8-16)30(28,29)24(2)17-9-12-22-20(15-17)19-5-3-4-6-21(19)25(22)14-13-23(26)27/h3-8,10-11,17H,9,12-15H2,1-2H3,(H,26,27). The third-order valence-corrected chi connectivity index (χ3v) is 8.03. The number of aromatic nitrogens is 1. The Morgan fingerprint density at radius 3 is 2.57 bits per heavy atom. The second-order valence-corrected chi connectivity index (χ2v) is 9.97. The third-order valence-electron chi connectivity index (χ3n) is 6.11. The minimum atomic E-state index is -3.58. The first-order valence-electron chi connectivity index (χ1n) is 10.1. The van der Waals surface area contributed by atoms with E-state index < -0.39 is 16.0 Å². The van der Waals surface area contributed by atoms with Gasteiger partial charge in [0.25, 0.3) is 0 Å². The molecule has 1 atom stereocenters. The van der Waals surface area contributed by atoms with E-state index in [0.717, 1.165) is 34.1 Å². The third kappa shape index (κ3) is 3.63. The van der Waals surface area contributed by atoms with E-state index in [4.69, 9.17) is 5.11 Å². The van der Waals surface area contributed by atoms with E-state index in [0.29, 0.717) is 24.3 Å². The molecule has 0 aliphatic heterocycles. The number of hydrogen-bond donors (Lipinski definition) is 1. The van der Waals surface area contributed by atoms with E-state index in [-0.39, 0.29) is 12.5 Å². The van der Waals surface area contributed by atoms with Crippen molar-refractivity contribution in [3.8, 4) is 0 Å². The van der Waals surface area contributed by atoms with E-state index in [1.807, 2.05) is 43.3 Å². The van der Waals surface area contributed by atoms with Crippen LogP contribution in [-0.2, 0) is 34.2 Å². The molecule has 3 aromatic rings. The van der Waals surface area contributed by atoms with Crippen LogP contribution in [0.2, 0.25) is 0 Å². The SMILES string of the molecule is Cc1ccc(S(=O)(=O)N(C)C2CCc3c(c4ccccc4n3CCC(=O)O)C2)cc1. The van der Waals surface area contributed by atoms with Crippen LogP contribution in [0.25, 0.3) is 10.9 Å². The number of fused-ring (bicyclic) bond motifs is 3. The average molecular weight is 427 g/mol. The van der Waals surface area contributed by atoms with Crippen LogP contribution in [0.1, 0.15) is 29.7 Å². The highest BCUT2D eigenvalue weighted by molar-refractivity contribution is 7.89. The molecule has 0 fully saturated rings. The summed E-state index contributed by atoms with van der Waals surface area (Å²) >= 11 is 0. The number of carboxylic acids is 1. The van der Waals surface area contributed by atoms with Crippen molar-refractivity contribution in [1.29, 1.82) is 0 Å². The maximum Gasteiger partial charge on any atom is 0.305 e. The highest BCUT2D eigenvalue weighted by Gasteiger charge is 2.33. The number of likely N-dealkylation sites (N-methyl/N-ethyl adjacent to an activating group) is 1. The molecular formula is C23H26N2O4S. The summed E-state index contributed by atoms with van der Waals surface area (Å²) in [6, 6.07) is 14.8. The second kappa shape index (κ2) is 7.89. The number of nitrogens with zero attached hydrogens (tertiary/aromatic N) is 2. The van der Waals surface area contributed by atoms with E-state index in [2.05, 4.69) is 4.57 Å². The number of rotatable bonds is 6. The molecule has 0 spiro atoms. The molecule has 2 aromatic carbocycles. The normalized spacial score (nSPS) is 16.7. The Hall–Kier alpha value is -2.64. The van der Waals surface area contributed by atoms with Gasteiger partial charge in [0.05, 0.1) is 11.3 Å². The highest BCUT2D eigenvalue weighted by atomic mass is 32.2. The van der Waals surface area contributed by atoms with Gasteiger partial charge in [0.2, 0.25) is 10.0 Å². The van der Waals surface area contributed by atoms with E-state index in [9.17, 15) is 13.2 Å². The zero-order valence-corrected chi connectivity index (χ0v) is 18.0. The summed E-state index contributed by atoms with van der Waals surface area (Å²) in [6.07, 6.45) is 2.12. The fourth-order valence-electron chi connectivity index (χ4n) is 4.43. The van der Waals surface area contributed by atoms with Crippen LogP contribution in [0.3, 0.4) is 0 Å². The fraction of sp³-hybridized carbons (Fsp3) is 0.348. The zero-order valence-electron chi connectivity index (χ0n) is 17.2. The van der Waals surface area contributed by atoms with Gasteiger partial charge < -0.3 is 9.67 Å². The van der Waals surface area contributed by atoms with Gasteiger partial charge in [-0.1, -0.05) is 35.9 Å². The van der Waals surface area contributed by atoms with Gasteiger partial charge in [0, 0.05) is 36.2 Å². The molecule has 1 heterocycles. The minimum absolute atomic E-state index is 0.0657. The minimum Gasteiger partial charge on any atom is -0.481 e. The molecule has 0 amide bonds. The van der Waals surface area contributed by atoms with Crippen molar-refractivity contribution in [3.63, 3.8) is 0 Å². The lowest BCUT2D eigenvalue weighted by molar-refractivity contribution is -0.137. The Morgan fingerprint density at radius 2 is 1.87 bits per heavy atom. The van der Waals surface area contributed by atoms with Gasteiger partial charge in [-0.3, -0.25) is 4.79 Å². The lowest BCUT2D eigenvalue weighted by Gasteiger charge is -2.31. The van der Waals surface area contributed by atoms with Gasteiger partial charge in [-0.15, -0.1) is 0 Å². The summed E-state index contributed by atoms with van der Waals surface area (Å²) in [5, 5.41) is 10.2. The van der Waals surface area contributed by atoms with Gasteiger partial charge in [0.1, 0.15) is 0 Å². The Labute approximate surface area is 176 Å². The molecule has 158 valence electrons. The summed E-state index contributed by atoms with van der Waals surface area (Å²) in [7, 11) is -1.92. The van der Waals surface area contributed by atoms with Crippen molar-refractivity contribution in [2.24, 2.45) is 0 Å². The van der Waals surface area contributed by atoms with Crippen molar-refractivity contribution >= 4 is 26.9 Å². The number of sulfonamides is 1. The van der Waals surface area contributed by atoms with Crippen molar-refractivity contribution in [2.45, 2.75) is 50.1 Å². The molecular weight excluding hydrogens is 400 g/mol. The summed E-state index contributed by atoms with van der Waals surface area (Å²) in [6.45, 7) is 2.36. The number of hydrogen-bond acceptors (Lipinski definition) is 3. The highest BCUT2D eigenvalue weighted by Crippen LogP contribution is 2.35. The predicted molar refractivity (Wildman–Crippen MR) is 116 cm³/mol. The van der Waals surface area contributed by atoms with Gasteiger partial charge >= 0.3 is 5.97 Å². The maximum atomic E-state index is 13.2. The van der Waals surface area contributed by atoms with Crippen LogP contribution < -0.4 is 0 Å². The molecule has 0 saturated carbocycles. The van der Waals surface area contributed by atoms with E-state index in [1.54, 1.807) is 19.2 Å². The van der Waals surface area contributed by atoms with Crippen molar-refractivity contribution in [2.75, 3.05) is 7.05 Å². The quantitative estimate of drug-likeness (QED) is 0.653. The average Bonchev–Trinajstić information content (AvgIpc) is 3.05. The number of aryl methyl sites for hydroxylation is 2. The number of benzene rings is 2. The van der Waals surface area contributed by atoms with Crippen LogP contribution in [-0.4, -0.2) is 41.5 Å². The van der Waals surface area contributed by atoms with Crippen molar-refractivity contribution in [3.05, 3.63) is 65.4 Å². The number of para-hydroxylation sites is 1. The molecule has 1 N–H and O–H groups in total. The van der Waals surface area contributed by atoms with Crippen LogP contribution in [0.15, 0.2) is 53.4 Å². The first-order valence-corrected chi connectivity index (χ1v) is 11.6. The molecule has 30 heavy (non-hydrogen) atoms. The smallest absolute Gasteiger partial charge is 0.305 e. The molecule has 1 aliphatic carbocycles. The van der Waals surface area contributed by atoms with Crippen molar-refractivity contribution < 1.29 is 18.3 Å². The lowest BCUT2D eigenvalue weighted by atomic mass is 9.91. The van der Waals surface area contributed by atoms with Crippen LogP contribution in [0, 0.1) is 6.92 Å². The molecule has 4 rings (SSSR count). The zero-order chi connectivity index (χ0) is 21.5. The van der Waals surface area contributed by atoms with Gasteiger partial charge in [-0.25, -0.2) is 8.42 Å². The molecule has 1 aliphatic rings. The first kappa shape index (κ1) is 20.6. The number of aliphatic carboxylic acids is 1. The Kier molecular flexibility index (Phi) is 5.42. The molecule has 1 unspecified atom stereocenters. The first-order chi connectivity index (χ1) is 14.3. The Morgan fingerprint density at radius 1 is 1.17 bits per heavy atom. The van der Waals surface area contributed by atoms with Crippen LogP contribution >= 0.6 is 0 Å². The van der Waals surface area contributed by atoms with Gasteiger partial charge in [-0.2, -0.15) is 4.31 Å². The van der Waals surface area contributed by atoms with E-state index >= 15 is 0 Å². The summed E-state index contributed by atoms with van der Waals surface area (Å²) in [5.74, 6) is -0.820. The Balaban J connectivity index is 1.67. The largest absolute Gasteiger partial charge is 0.481 e. The van der Waals surface area contributed by atoms with Crippen LogP contribution in [0.5, 0.6) is 0 Å². The summed E-state index contributed by atoms with van der Waals surface area (Å²) in [4.78, 5) is 11.4. The van der Waals surface area contributed by atoms with E-state index in [1.165, 1.54) is 4.31 Å². The number of carboxylic acid groups (broad SMARTS) is 1. The molecule has 6 nitrogen and oxygen atoms in total. The maximum absolute atomic E-state index is 13.2. The molecule has 0 bridgehead atoms. The molecule has 0 saturated heterocycles.